The van der Waals surface area contributed by atoms with E-state index in [0.717, 1.165) is 26.2 Å². The lowest BCUT2D eigenvalue weighted by molar-refractivity contribution is -0.186. The number of nitrogens with one attached hydrogen (secondary N) is 1. The zero-order valence-electron chi connectivity index (χ0n) is 16.5. The maximum Gasteiger partial charge on any atom is 0.176 e. The molecule has 2 N–H and O–H groups in total. The molecule has 3 aliphatic rings. The van der Waals surface area contributed by atoms with Crippen molar-refractivity contribution >= 4 is 5.69 Å². The second kappa shape index (κ2) is 8.03. The molecule has 0 aromatic heterocycles. The fourth-order valence-corrected chi connectivity index (χ4v) is 4.31. The van der Waals surface area contributed by atoms with Crippen molar-refractivity contribution in [3.05, 3.63) is 29.8 Å². The van der Waals surface area contributed by atoms with Gasteiger partial charge < -0.3 is 29.7 Å². The van der Waals surface area contributed by atoms with Gasteiger partial charge in [0.05, 0.1) is 24.8 Å². The highest BCUT2D eigenvalue weighted by Gasteiger charge is 2.52. The fraction of sp³-hybridized carbons (Fsp3) is 0.700. The Morgan fingerprint density at radius 3 is 2.52 bits per heavy atom. The number of hydrogen-bond acceptors (Lipinski definition) is 7. The Morgan fingerprint density at radius 1 is 1.15 bits per heavy atom. The van der Waals surface area contributed by atoms with E-state index in [4.69, 9.17) is 9.47 Å². The van der Waals surface area contributed by atoms with E-state index in [9.17, 15) is 5.11 Å². The Balaban J connectivity index is 1.41. The summed E-state index contributed by atoms with van der Waals surface area (Å²) in [5, 5.41) is 14.7. The van der Waals surface area contributed by atoms with Gasteiger partial charge in [-0.25, -0.2) is 0 Å². The molecular formula is C20H32N4O3. The summed E-state index contributed by atoms with van der Waals surface area (Å²) in [6.45, 7) is 5.14. The lowest BCUT2D eigenvalue weighted by Gasteiger charge is -2.46. The average Bonchev–Trinajstić information content (AvgIpc) is 3.08. The second-order valence-corrected chi connectivity index (χ2v) is 8.16. The third-order valence-electron chi connectivity index (χ3n) is 6.09. The van der Waals surface area contributed by atoms with Crippen molar-refractivity contribution in [3.63, 3.8) is 0 Å². The summed E-state index contributed by atoms with van der Waals surface area (Å²) in [7, 11) is 6.22. The third kappa shape index (κ3) is 3.99. The topological polar surface area (TPSA) is 60.4 Å². The molecule has 150 valence electrons. The summed E-state index contributed by atoms with van der Waals surface area (Å²) in [6.07, 6.45) is -0.902. The number of hydrogen-bond donors (Lipinski definition) is 2. The molecule has 3 heterocycles. The predicted molar refractivity (Wildman–Crippen MR) is 105 cm³/mol. The first-order valence-electron chi connectivity index (χ1n) is 9.90. The minimum absolute atomic E-state index is 0.0882. The molecule has 3 fully saturated rings. The number of nitrogens with zero attached hydrogens (tertiary/aromatic N) is 3. The second-order valence-electron chi connectivity index (χ2n) is 8.16. The molecule has 3 saturated heterocycles. The molecule has 7 heteroatoms. The van der Waals surface area contributed by atoms with Crippen molar-refractivity contribution in [2.45, 2.75) is 37.1 Å². The van der Waals surface area contributed by atoms with E-state index in [2.05, 4.69) is 51.3 Å². The van der Waals surface area contributed by atoms with E-state index in [1.54, 1.807) is 0 Å². The highest BCUT2D eigenvalue weighted by atomic mass is 16.7. The van der Waals surface area contributed by atoms with Gasteiger partial charge in [-0.15, -0.1) is 0 Å². The number of fused-ring (bicyclic) bond motifs is 2. The van der Waals surface area contributed by atoms with Crippen LogP contribution < -0.4 is 10.2 Å². The van der Waals surface area contributed by atoms with Gasteiger partial charge in [-0.2, -0.15) is 0 Å². The van der Waals surface area contributed by atoms with Gasteiger partial charge in [-0.05, 0) is 24.7 Å². The molecule has 0 aliphatic carbocycles. The molecule has 0 unspecified atom stereocenters. The van der Waals surface area contributed by atoms with E-state index in [1.165, 1.54) is 11.3 Å². The van der Waals surface area contributed by atoms with Crippen molar-refractivity contribution in [2.24, 2.45) is 0 Å². The van der Waals surface area contributed by atoms with Crippen LogP contribution in [0.3, 0.4) is 0 Å². The Bertz CT molecular complexity index is 618. The number of rotatable bonds is 5. The quantitative estimate of drug-likeness (QED) is 0.747. The third-order valence-corrected chi connectivity index (χ3v) is 6.09. The number of likely N-dealkylation sites (N-methyl/N-ethyl adjacent to an activating group) is 1. The minimum Gasteiger partial charge on any atom is -0.390 e. The van der Waals surface area contributed by atoms with E-state index in [-0.39, 0.29) is 24.5 Å². The maximum absolute atomic E-state index is 11.1. The van der Waals surface area contributed by atoms with Gasteiger partial charge in [0, 0.05) is 52.5 Å². The van der Waals surface area contributed by atoms with Crippen LogP contribution in [0.5, 0.6) is 0 Å². The Morgan fingerprint density at radius 2 is 1.85 bits per heavy atom. The molecule has 0 amide bonds. The van der Waals surface area contributed by atoms with Crippen LogP contribution in [0.2, 0.25) is 0 Å². The highest BCUT2D eigenvalue weighted by molar-refractivity contribution is 5.45. The van der Waals surface area contributed by atoms with Crippen LogP contribution in [-0.2, 0) is 16.0 Å². The Hall–Kier alpha value is -1.22. The monoisotopic (exact) mass is 376 g/mol. The summed E-state index contributed by atoms with van der Waals surface area (Å²) < 4.78 is 12.0. The molecule has 4 rings (SSSR count). The van der Waals surface area contributed by atoms with E-state index in [0.29, 0.717) is 13.2 Å². The molecule has 1 aromatic rings. The molecule has 0 spiro atoms. The average molecular weight is 377 g/mol. The van der Waals surface area contributed by atoms with E-state index < -0.39 is 6.10 Å². The van der Waals surface area contributed by atoms with Crippen LogP contribution in [0.15, 0.2) is 24.3 Å². The summed E-state index contributed by atoms with van der Waals surface area (Å²) in [4.78, 5) is 6.74. The van der Waals surface area contributed by atoms with Crippen molar-refractivity contribution < 1.29 is 14.6 Å². The first-order valence-corrected chi connectivity index (χ1v) is 9.90. The zero-order valence-corrected chi connectivity index (χ0v) is 16.5. The molecule has 1 aromatic carbocycles. The smallest absolute Gasteiger partial charge is 0.176 e. The normalized spacial score (nSPS) is 34.7. The number of aliphatic hydroxyl groups is 1. The van der Waals surface area contributed by atoms with E-state index >= 15 is 0 Å². The van der Waals surface area contributed by atoms with Gasteiger partial charge in [-0.1, -0.05) is 12.1 Å². The van der Waals surface area contributed by atoms with Gasteiger partial charge in [0.25, 0.3) is 0 Å². The van der Waals surface area contributed by atoms with Gasteiger partial charge in [-0.3, -0.25) is 4.90 Å². The molecule has 27 heavy (non-hydrogen) atoms. The summed E-state index contributed by atoms with van der Waals surface area (Å²) in [5.74, 6) is 0. The molecule has 0 radical (unpaired) electrons. The summed E-state index contributed by atoms with van der Waals surface area (Å²) in [5.41, 5.74) is 2.38. The van der Waals surface area contributed by atoms with Crippen molar-refractivity contribution in [3.8, 4) is 0 Å². The van der Waals surface area contributed by atoms with Crippen molar-refractivity contribution in [2.75, 3.05) is 58.8 Å². The first kappa shape index (κ1) is 19.1. The predicted octanol–water partition coefficient (Wildman–Crippen LogP) is -0.0572. The van der Waals surface area contributed by atoms with Crippen LogP contribution in [0.1, 0.15) is 5.56 Å². The van der Waals surface area contributed by atoms with Crippen LogP contribution in [0.25, 0.3) is 0 Å². The molecular weight excluding hydrogens is 344 g/mol. The van der Waals surface area contributed by atoms with Gasteiger partial charge >= 0.3 is 0 Å². The Kier molecular flexibility index (Phi) is 5.68. The number of ether oxygens (including phenoxy) is 2. The number of aliphatic hydroxyl groups excluding tert-OH is 1. The fourth-order valence-electron chi connectivity index (χ4n) is 4.31. The van der Waals surface area contributed by atoms with Crippen LogP contribution in [-0.4, -0.2) is 99.4 Å². The molecule has 3 aliphatic heterocycles. The molecule has 5 atom stereocenters. The van der Waals surface area contributed by atoms with Crippen molar-refractivity contribution in [1.29, 1.82) is 0 Å². The van der Waals surface area contributed by atoms with Crippen LogP contribution in [0.4, 0.5) is 5.69 Å². The maximum atomic E-state index is 11.1. The summed E-state index contributed by atoms with van der Waals surface area (Å²) >= 11 is 0. The molecule has 2 bridgehead atoms. The number of piperazine rings is 1. The summed E-state index contributed by atoms with van der Waals surface area (Å²) in [6, 6.07) is 8.27. The van der Waals surface area contributed by atoms with Crippen LogP contribution in [0, 0.1) is 0 Å². The standard InChI is InChI=1S/C20H32N4O3/c1-22(2)15-6-4-14(5-7-15)12-21-17-16-13-26-20(27-16)18(19(17)25)24-10-8-23(3)9-11-24/h4-7,16-21,25H,8-13H2,1-3H3/t16-,17+,18-,19-,20+/m0/s1. The SMILES string of the molecule is CN1CCN([C@@H]2[C@@H]3OC[C@H](O3)[C@@H](NCc3ccc(N(C)C)cc3)[C@@H]2O)CC1. The van der Waals surface area contributed by atoms with Gasteiger partial charge in [0.15, 0.2) is 6.29 Å². The van der Waals surface area contributed by atoms with Gasteiger partial charge in [0.2, 0.25) is 0 Å². The van der Waals surface area contributed by atoms with Crippen molar-refractivity contribution in [1.82, 2.24) is 15.1 Å². The molecule has 0 saturated carbocycles. The number of anilines is 1. The first-order chi connectivity index (χ1) is 13.0. The highest BCUT2D eigenvalue weighted by Crippen LogP contribution is 2.32. The number of benzene rings is 1. The van der Waals surface area contributed by atoms with E-state index in [1.807, 2.05) is 14.1 Å². The largest absolute Gasteiger partial charge is 0.390 e. The molecule has 7 nitrogen and oxygen atoms in total. The lowest BCUT2D eigenvalue weighted by atomic mass is 9.94. The Labute approximate surface area is 161 Å². The lowest BCUT2D eigenvalue weighted by Crippen LogP contribution is -2.66. The van der Waals surface area contributed by atoms with Gasteiger partial charge in [0.1, 0.15) is 6.10 Å². The minimum atomic E-state index is -0.499. The zero-order chi connectivity index (χ0) is 19.0. The van der Waals surface area contributed by atoms with Crippen LogP contribution >= 0.6 is 0 Å².